The molecule has 0 aromatic carbocycles. The van der Waals surface area contributed by atoms with E-state index in [1.165, 1.54) is 96.3 Å². The Hall–Kier alpha value is -0.570. The second kappa shape index (κ2) is 20.7. The molecule has 156 valence electrons. The summed E-state index contributed by atoms with van der Waals surface area (Å²) in [5, 5.41) is 9.04. The lowest BCUT2D eigenvalue weighted by Crippen LogP contribution is -2.14. The zero-order valence-corrected chi connectivity index (χ0v) is 17.8. The van der Waals surface area contributed by atoms with Crippen LogP contribution in [0.1, 0.15) is 129 Å². The molecule has 0 bridgehead atoms. The fourth-order valence-electron chi connectivity index (χ4n) is 3.28. The van der Waals surface area contributed by atoms with Crippen molar-refractivity contribution < 1.29 is 14.6 Å². The van der Waals surface area contributed by atoms with Crippen LogP contribution in [-0.4, -0.2) is 23.8 Å². The predicted octanol–water partition coefficient (Wildman–Crippen LogP) is 6.95. The van der Waals surface area contributed by atoms with Gasteiger partial charge >= 0.3 is 5.97 Å². The van der Waals surface area contributed by atoms with Gasteiger partial charge in [0, 0.05) is 6.42 Å². The summed E-state index contributed by atoms with van der Waals surface area (Å²) >= 11 is 0. The van der Waals surface area contributed by atoms with Crippen LogP contribution in [-0.2, 0) is 9.53 Å². The molecule has 0 aliphatic rings. The van der Waals surface area contributed by atoms with Crippen molar-refractivity contribution in [2.45, 2.75) is 136 Å². The Balaban J connectivity index is 3.08. The average molecular weight is 371 g/mol. The quantitative estimate of drug-likeness (QED) is 0.186. The van der Waals surface area contributed by atoms with E-state index in [0.29, 0.717) is 6.42 Å². The number of carbonyl (C=O) groups excluding carboxylic acids is 1. The molecule has 0 aliphatic heterocycles. The van der Waals surface area contributed by atoms with E-state index >= 15 is 0 Å². The number of aliphatic hydroxyl groups excluding tert-OH is 1. The van der Waals surface area contributed by atoms with E-state index in [2.05, 4.69) is 6.92 Å². The van der Waals surface area contributed by atoms with Crippen molar-refractivity contribution in [2.24, 2.45) is 0 Å². The number of hydrogen-bond donors (Lipinski definition) is 1. The molecule has 1 N–H and O–H groups in total. The number of rotatable bonds is 20. The molecule has 0 spiro atoms. The van der Waals surface area contributed by atoms with Gasteiger partial charge in [0.05, 0.1) is 6.10 Å². The third-order valence-electron chi connectivity index (χ3n) is 4.97. The maximum atomic E-state index is 11.4. The van der Waals surface area contributed by atoms with Crippen LogP contribution in [0.4, 0.5) is 0 Å². The minimum Gasteiger partial charge on any atom is -0.463 e. The van der Waals surface area contributed by atoms with Crippen molar-refractivity contribution in [1.82, 2.24) is 0 Å². The summed E-state index contributed by atoms with van der Waals surface area (Å²) in [4.78, 5) is 11.4. The van der Waals surface area contributed by atoms with Gasteiger partial charge in [0.2, 0.25) is 0 Å². The van der Waals surface area contributed by atoms with Crippen molar-refractivity contribution in [1.29, 1.82) is 0 Å². The van der Waals surface area contributed by atoms with Gasteiger partial charge in [-0.2, -0.15) is 0 Å². The molecule has 0 aromatic heterocycles. The van der Waals surface area contributed by atoms with E-state index in [4.69, 9.17) is 9.84 Å². The van der Waals surface area contributed by atoms with E-state index in [1.807, 2.05) is 0 Å². The SMILES string of the molecule is CCCCCCCCCCCCCCCCCCCC(=O)OCC(C)O. The summed E-state index contributed by atoms with van der Waals surface area (Å²) in [6, 6.07) is 0. The Morgan fingerprint density at radius 3 is 1.38 bits per heavy atom. The number of unbranched alkanes of at least 4 members (excludes halogenated alkanes) is 16. The molecule has 0 saturated heterocycles. The third kappa shape index (κ3) is 21.5. The normalized spacial score (nSPS) is 12.3. The largest absolute Gasteiger partial charge is 0.463 e. The molecule has 3 nitrogen and oxygen atoms in total. The highest BCUT2D eigenvalue weighted by molar-refractivity contribution is 5.69. The van der Waals surface area contributed by atoms with Crippen LogP contribution >= 0.6 is 0 Å². The maximum absolute atomic E-state index is 11.4. The van der Waals surface area contributed by atoms with Gasteiger partial charge in [-0.25, -0.2) is 0 Å². The van der Waals surface area contributed by atoms with Gasteiger partial charge in [0.1, 0.15) is 6.61 Å². The van der Waals surface area contributed by atoms with Crippen molar-refractivity contribution in [3.8, 4) is 0 Å². The Labute approximate surface area is 163 Å². The molecule has 0 aliphatic carbocycles. The van der Waals surface area contributed by atoms with Gasteiger partial charge in [-0.1, -0.05) is 110 Å². The fraction of sp³-hybridized carbons (Fsp3) is 0.957. The highest BCUT2D eigenvalue weighted by atomic mass is 16.5. The molecule has 1 unspecified atom stereocenters. The summed E-state index contributed by atoms with van der Waals surface area (Å²) in [7, 11) is 0. The summed E-state index contributed by atoms with van der Waals surface area (Å²) in [6.07, 6.45) is 22.8. The second-order valence-electron chi connectivity index (χ2n) is 7.94. The highest BCUT2D eigenvalue weighted by Crippen LogP contribution is 2.14. The predicted molar refractivity (Wildman–Crippen MR) is 111 cm³/mol. The van der Waals surface area contributed by atoms with Gasteiger partial charge in [0.25, 0.3) is 0 Å². The minimum atomic E-state index is -0.561. The van der Waals surface area contributed by atoms with Crippen molar-refractivity contribution >= 4 is 5.97 Å². The van der Waals surface area contributed by atoms with E-state index in [1.54, 1.807) is 6.92 Å². The van der Waals surface area contributed by atoms with Crippen LogP contribution in [0, 0.1) is 0 Å². The number of hydrogen-bond acceptors (Lipinski definition) is 3. The molecule has 0 aromatic rings. The molecule has 26 heavy (non-hydrogen) atoms. The lowest BCUT2D eigenvalue weighted by molar-refractivity contribution is -0.146. The molecule has 0 rings (SSSR count). The lowest BCUT2D eigenvalue weighted by Gasteiger charge is -2.06. The van der Waals surface area contributed by atoms with Gasteiger partial charge in [-0.15, -0.1) is 0 Å². The smallest absolute Gasteiger partial charge is 0.305 e. The Kier molecular flexibility index (Phi) is 20.3. The first-order chi connectivity index (χ1) is 12.7. The summed E-state index contributed by atoms with van der Waals surface area (Å²) in [6.45, 7) is 4.03. The number of carbonyl (C=O) groups is 1. The van der Waals surface area contributed by atoms with Crippen LogP contribution in [0.2, 0.25) is 0 Å². The molecule has 3 heteroatoms. The third-order valence-corrected chi connectivity index (χ3v) is 4.97. The van der Waals surface area contributed by atoms with Gasteiger partial charge < -0.3 is 9.84 Å². The first kappa shape index (κ1) is 25.4. The van der Waals surface area contributed by atoms with Gasteiger partial charge in [-0.3, -0.25) is 4.79 Å². The standard InChI is InChI=1S/C23H46O3/c1-3-4-5-6-7-8-9-10-11-12-13-14-15-16-17-18-19-20-23(25)26-21-22(2)24/h22,24H,3-21H2,1-2H3. The van der Waals surface area contributed by atoms with E-state index in [-0.39, 0.29) is 12.6 Å². The second-order valence-corrected chi connectivity index (χ2v) is 7.94. The number of esters is 1. The van der Waals surface area contributed by atoms with Gasteiger partial charge in [0.15, 0.2) is 0 Å². The van der Waals surface area contributed by atoms with Crippen LogP contribution in [0.15, 0.2) is 0 Å². The highest BCUT2D eigenvalue weighted by Gasteiger charge is 2.04. The van der Waals surface area contributed by atoms with Crippen LogP contribution in [0.25, 0.3) is 0 Å². The summed E-state index contributed by atoms with van der Waals surface area (Å²) in [5.74, 6) is -0.174. The van der Waals surface area contributed by atoms with E-state index < -0.39 is 6.10 Å². The summed E-state index contributed by atoms with van der Waals surface area (Å²) in [5.41, 5.74) is 0. The van der Waals surface area contributed by atoms with Crippen molar-refractivity contribution in [2.75, 3.05) is 6.61 Å². The van der Waals surface area contributed by atoms with Crippen molar-refractivity contribution in [3.05, 3.63) is 0 Å². The number of ether oxygens (including phenoxy) is 1. The topological polar surface area (TPSA) is 46.5 Å². The molecular formula is C23H46O3. The molecule has 1 atom stereocenters. The molecular weight excluding hydrogens is 324 g/mol. The fourth-order valence-corrected chi connectivity index (χ4v) is 3.28. The Morgan fingerprint density at radius 1 is 0.692 bits per heavy atom. The Morgan fingerprint density at radius 2 is 1.04 bits per heavy atom. The zero-order valence-electron chi connectivity index (χ0n) is 17.8. The number of aliphatic hydroxyl groups is 1. The maximum Gasteiger partial charge on any atom is 0.305 e. The lowest BCUT2D eigenvalue weighted by atomic mass is 10.0. The van der Waals surface area contributed by atoms with Crippen molar-refractivity contribution in [3.63, 3.8) is 0 Å². The first-order valence-corrected chi connectivity index (χ1v) is 11.5. The molecule has 0 fully saturated rings. The Bertz CT molecular complexity index is 289. The van der Waals surface area contributed by atoms with Crippen LogP contribution in [0.5, 0.6) is 0 Å². The first-order valence-electron chi connectivity index (χ1n) is 11.5. The molecule has 0 radical (unpaired) electrons. The molecule has 0 heterocycles. The molecule has 0 saturated carbocycles. The monoisotopic (exact) mass is 370 g/mol. The minimum absolute atomic E-state index is 0.123. The van der Waals surface area contributed by atoms with Crippen LogP contribution in [0.3, 0.4) is 0 Å². The summed E-state index contributed by atoms with van der Waals surface area (Å²) < 4.78 is 4.94. The van der Waals surface area contributed by atoms with Crippen LogP contribution < -0.4 is 0 Å². The van der Waals surface area contributed by atoms with E-state index in [0.717, 1.165) is 12.8 Å². The zero-order chi connectivity index (χ0) is 19.3. The van der Waals surface area contributed by atoms with Gasteiger partial charge in [-0.05, 0) is 13.3 Å². The average Bonchev–Trinajstić information content (AvgIpc) is 2.62. The van der Waals surface area contributed by atoms with E-state index in [9.17, 15) is 4.79 Å². The molecule has 0 amide bonds.